The normalized spacial score (nSPS) is 12.3. The van der Waals surface area contributed by atoms with Gasteiger partial charge in [-0.25, -0.2) is 4.79 Å². The summed E-state index contributed by atoms with van der Waals surface area (Å²) in [4.78, 5) is 14.0. The summed E-state index contributed by atoms with van der Waals surface area (Å²) in [5, 5.41) is 28.2. The molecule has 0 radical (unpaired) electrons. The Balaban J connectivity index is 3.09. The van der Waals surface area contributed by atoms with E-state index in [1.807, 2.05) is 6.92 Å². The first-order valence-corrected chi connectivity index (χ1v) is 5.92. The summed E-state index contributed by atoms with van der Waals surface area (Å²) in [5.41, 5.74) is 0.785. The number of ether oxygens (including phenoxy) is 1. The van der Waals surface area contributed by atoms with Gasteiger partial charge in [0.15, 0.2) is 4.98 Å². The number of carbonyl (C=O) groups is 1. The molecular weight excluding hydrogens is 260 g/mol. The van der Waals surface area contributed by atoms with Crippen LogP contribution in [0.25, 0.3) is 10.7 Å². The van der Waals surface area contributed by atoms with E-state index in [0.29, 0.717) is 5.56 Å². The number of nitrogens with zero attached hydrogens (tertiary/aromatic N) is 2. The van der Waals surface area contributed by atoms with Crippen LogP contribution in [0, 0.1) is 12.3 Å². The van der Waals surface area contributed by atoms with Crippen molar-refractivity contribution in [2.75, 3.05) is 6.61 Å². The lowest BCUT2D eigenvalue weighted by Crippen LogP contribution is -2.07. The minimum atomic E-state index is -0.986. The van der Waals surface area contributed by atoms with Crippen LogP contribution in [-0.4, -0.2) is 22.8 Å². The number of carbonyl (C=O) groups excluding carboxylic acids is 1. The second-order valence-corrected chi connectivity index (χ2v) is 3.95. The quantitative estimate of drug-likeness (QED) is 0.289. The molecule has 2 N–H and O–H groups in total. The van der Waals surface area contributed by atoms with E-state index in [-0.39, 0.29) is 12.4 Å². The van der Waals surface area contributed by atoms with Crippen LogP contribution in [0.2, 0.25) is 0 Å². The topological polar surface area (TPSA) is 94.9 Å². The van der Waals surface area contributed by atoms with E-state index in [2.05, 4.69) is 9.71 Å². The lowest BCUT2D eigenvalue weighted by atomic mass is 10.1. The number of hydrogen-bond acceptors (Lipinski definition) is 5. The fourth-order valence-electron chi connectivity index (χ4n) is 1.40. The van der Waals surface area contributed by atoms with Crippen molar-refractivity contribution in [3.63, 3.8) is 0 Å². The monoisotopic (exact) mass is 275 g/mol. The fourth-order valence-corrected chi connectivity index (χ4v) is 1.40. The van der Waals surface area contributed by atoms with E-state index in [0.717, 1.165) is 11.6 Å². The van der Waals surface area contributed by atoms with Gasteiger partial charge in [-0.05, 0) is 13.8 Å². The highest BCUT2D eigenvalue weighted by molar-refractivity contribution is 5.91. The summed E-state index contributed by atoms with van der Waals surface area (Å²) in [7, 11) is 0. The largest absolute Gasteiger partial charge is 0.509 e. The van der Waals surface area contributed by atoms with E-state index in [1.54, 1.807) is 31.2 Å². The maximum atomic E-state index is 11.4. The Morgan fingerprint density at radius 3 is 2.45 bits per heavy atom. The summed E-state index contributed by atoms with van der Waals surface area (Å²) in [6, 6.07) is 6.86. The van der Waals surface area contributed by atoms with Gasteiger partial charge >= 0.3 is 11.7 Å². The average Bonchev–Trinajstić information content (AvgIpc) is 2.40. The molecule has 0 unspecified atom stereocenters. The molecular formula is C14H15N2O4+. The van der Waals surface area contributed by atoms with Crippen molar-refractivity contribution >= 4 is 11.7 Å². The molecule has 0 atom stereocenters. The van der Waals surface area contributed by atoms with Gasteiger partial charge in [0.05, 0.1) is 6.61 Å². The maximum Gasteiger partial charge on any atom is 0.509 e. The summed E-state index contributed by atoms with van der Waals surface area (Å²) in [6.07, 6.45) is 0.913. The molecule has 0 saturated carbocycles. The molecule has 0 amide bonds. The number of rotatable bonds is 4. The second-order valence-electron chi connectivity index (χ2n) is 3.95. The molecule has 0 spiro atoms. The number of aliphatic hydroxyl groups excluding tert-OH is 2. The molecule has 0 aliphatic rings. The predicted molar refractivity (Wildman–Crippen MR) is 73.2 cm³/mol. The van der Waals surface area contributed by atoms with E-state index in [1.165, 1.54) is 0 Å². The molecule has 20 heavy (non-hydrogen) atoms. The van der Waals surface area contributed by atoms with Crippen LogP contribution < -0.4 is 0 Å². The third-order valence-corrected chi connectivity index (χ3v) is 2.43. The van der Waals surface area contributed by atoms with Crippen molar-refractivity contribution in [3.05, 3.63) is 57.9 Å². The SMILES string of the molecule is CCOC(=O)/C([N+]#N)=C(O)/C=C(\O)c1ccc(C)cc1. The molecule has 0 aliphatic heterocycles. The number of aryl methyl sites for hydroxylation is 1. The number of aliphatic hydroxyl groups is 2. The summed E-state index contributed by atoms with van der Waals surface area (Å²) in [5.74, 6) is -1.95. The van der Waals surface area contributed by atoms with Gasteiger partial charge < -0.3 is 14.9 Å². The highest BCUT2D eigenvalue weighted by Crippen LogP contribution is 2.16. The lowest BCUT2D eigenvalue weighted by molar-refractivity contribution is -0.138. The third kappa shape index (κ3) is 3.85. The zero-order chi connectivity index (χ0) is 15.1. The zero-order valence-corrected chi connectivity index (χ0v) is 11.2. The van der Waals surface area contributed by atoms with Gasteiger partial charge in [0, 0.05) is 11.6 Å². The first kappa shape index (κ1) is 15.2. The van der Waals surface area contributed by atoms with Gasteiger partial charge in [-0.15, -0.1) is 0 Å². The highest BCUT2D eigenvalue weighted by atomic mass is 16.5. The van der Waals surface area contributed by atoms with Gasteiger partial charge in [0.1, 0.15) is 5.76 Å². The Labute approximate surface area is 116 Å². The Hall–Kier alpha value is -2.81. The van der Waals surface area contributed by atoms with Gasteiger partial charge in [-0.1, -0.05) is 29.8 Å². The molecule has 0 bridgehead atoms. The van der Waals surface area contributed by atoms with Crippen LogP contribution in [0.4, 0.5) is 0 Å². The van der Waals surface area contributed by atoms with E-state index in [9.17, 15) is 15.0 Å². The highest BCUT2D eigenvalue weighted by Gasteiger charge is 2.29. The molecule has 0 fully saturated rings. The van der Waals surface area contributed by atoms with Crippen LogP contribution in [0.3, 0.4) is 0 Å². The average molecular weight is 275 g/mol. The molecule has 0 saturated heterocycles. The van der Waals surface area contributed by atoms with Gasteiger partial charge in [0.25, 0.3) is 0 Å². The fraction of sp³-hybridized carbons (Fsp3) is 0.214. The minimum absolute atomic E-state index is 0.0682. The third-order valence-electron chi connectivity index (χ3n) is 2.43. The summed E-state index contributed by atoms with van der Waals surface area (Å²) >= 11 is 0. The summed E-state index contributed by atoms with van der Waals surface area (Å²) < 4.78 is 4.60. The zero-order valence-electron chi connectivity index (χ0n) is 11.2. The standard InChI is InChI=1S/C14H14N2O4/c1-3-20-14(19)13(16-15)12(18)8-11(17)10-6-4-9(2)5-7-10/h4-8H,3H2,1-2H3,(H-,17,18,19)/p+1. The molecule has 6 nitrogen and oxygen atoms in total. The van der Waals surface area contributed by atoms with Crippen molar-refractivity contribution in [2.24, 2.45) is 0 Å². The Bertz CT molecular complexity index is 595. The first-order valence-electron chi connectivity index (χ1n) is 5.92. The minimum Gasteiger partial charge on any atom is -0.507 e. The first-order chi connectivity index (χ1) is 9.49. The van der Waals surface area contributed by atoms with Gasteiger partial charge in [0.2, 0.25) is 11.2 Å². The molecule has 1 rings (SSSR count). The molecule has 1 aromatic rings. The number of benzene rings is 1. The Kier molecular flexibility index (Phi) is 5.30. The summed E-state index contributed by atoms with van der Waals surface area (Å²) in [6.45, 7) is 3.54. The smallest absolute Gasteiger partial charge is 0.507 e. The van der Waals surface area contributed by atoms with Gasteiger partial charge in [-0.2, -0.15) is 0 Å². The molecule has 1 aromatic carbocycles. The van der Waals surface area contributed by atoms with E-state index >= 15 is 0 Å². The second kappa shape index (κ2) is 6.95. The number of diazo groups is 1. The Morgan fingerprint density at radius 1 is 1.35 bits per heavy atom. The predicted octanol–water partition coefficient (Wildman–Crippen LogP) is 3.08. The number of esters is 1. The van der Waals surface area contributed by atoms with Crippen LogP contribution >= 0.6 is 0 Å². The van der Waals surface area contributed by atoms with E-state index in [4.69, 9.17) is 5.39 Å². The molecule has 104 valence electrons. The molecule has 0 aliphatic carbocycles. The van der Waals surface area contributed by atoms with Crippen LogP contribution in [0.15, 0.2) is 41.8 Å². The van der Waals surface area contributed by atoms with Crippen LogP contribution in [0.5, 0.6) is 0 Å². The van der Waals surface area contributed by atoms with E-state index < -0.39 is 17.4 Å². The van der Waals surface area contributed by atoms with Crippen molar-refractivity contribution in [1.82, 2.24) is 0 Å². The number of hydrogen-bond donors (Lipinski definition) is 2. The maximum absolute atomic E-state index is 11.4. The van der Waals surface area contributed by atoms with Crippen molar-refractivity contribution < 1.29 is 19.7 Å². The molecule has 6 heteroatoms. The van der Waals surface area contributed by atoms with Crippen molar-refractivity contribution in [2.45, 2.75) is 13.8 Å². The Morgan fingerprint density at radius 2 is 1.95 bits per heavy atom. The number of allylic oxidation sites excluding steroid dienone is 1. The molecule has 0 heterocycles. The van der Waals surface area contributed by atoms with Crippen LogP contribution in [0.1, 0.15) is 18.1 Å². The van der Waals surface area contributed by atoms with Crippen molar-refractivity contribution in [1.29, 1.82) is 5.39 Å². The lowest BCUT2D eigenvalue weighted by Gasteiger charge is -2.00. The van der Waals surface area contributed by atoms with Gasteiger partial charge in [-0.3, -0.25) is 0 Å². The van der Waals surface area contributed by atoms with Crippen molar-refractivity contribution in [3.8, 4) is 0 Å². The molecule has 0 aromatic heterocycles. The van der Waals surface area contributed by atoms with Crippen LogP contribution in [-0.2, 0) is 9.53 Å².